The van der Waals surface area contributed by atoms with Crippen molar-refractivity contribution < 1.29 is 9.21 Å². The van der Waals surface area contributed by atoms with Crippen molar-refractivity contribution in [1.82, 2.24) is 10.2 Å². The summed E-state index contributed by atoms with van der Waals surface area (Å²) in [6.07, 6.45) is 2.57. The van der Waals surface area contributed by atoms with Crippen molar-refractivity contribution in [2.45, 2.75) is 26.3 Å². The smallest absolute Gasteiger partial charge is 0.287 e. The second kappa shape index (κ2) is 7.27. The van der Waals surface area contributed by atoms with Crippen molar-refractivity contribution in [3.63, 3.8) is 0 Å². The summed E-state index contributed by atoms with van der Waals surface area (Å²) in [4.78, 5) is 14.3. The van der Waals surface area contributed by atoms with Gasteiger partial charge >= 0.3 is 0 Å². The zero-order valence-electron chi connectivity index (χ0n) is 13.7. The van der Waals surface area contributed by atoms with Crippen LogP contribution in [0.15, 0.2) is 41.0 Å². The Morgan fingerprint density at radius 1 is 1.23 bits per heavy atom. The molecule has 0 fully saturated rings. The molecule has 0 aliphatic heterocycles. The van der Waals surface area contributed by atoms with Gasteiger partial charge in [0.2, 0.25) is 0 Å². The number of amides is 1. The van der Waals surface area contributed by atoms with Crippen LogP contribution in [-0.2, 0) is 6.42 Å². The van der Waals surface area contributed by atoms with Crippen LogP contribution in [0.4, 0.5) is 0 Å². The Labute approximate surface area is 132 Å². The fourth-order valence-electron chi connectivity index (χ4n) is 2.45. The van der Waals surface area contributed by atoms with Gasteiger partial charge in [0.05, 0.1) is 12.3 Å². The molecule has 2 rings (SSSR count). The minimum absolute atomic E-state index is 0.130. The van der Waals surface area contributed by atoms with Gasteiger partial charge in [-0.05, 0) is 44.6 Å². The molecule has 1 atom stereocenters. The lowest BCUT2D eigenvalue weighted by atomic mass is 10.0. The number of benzene rings is 1. The predicted octanol–water partition coefficient (Wildman–Crippen LogP) is 3.18. The largest absolute Gasteiger partial charge is 0.459 e. The number of rotatable bonds is 6. The Balaban J connectivity index is 2.05. The van der Waals surface area contributed by atoms with E-state index in [0.29, 0.717) is 12.3 Å². The van der Waals surface area contributed by atoms with Crippen molar-refractivity contribution in [2.75, 3.05) is 20.6 Å². The zero-order chi connectivity index (χ0) is 16.1. The molecule has 1 amide bonds. The first-order valence-corrected chi connectivity index (χ1v) is 7.60. The van der Waals surface area contributed by atoms with Crippen LogP contribution < -0.4 is 5.32 Å². The summed E-state index contributed by atoms with van der Waals surface area (Å²) in [5.41, 5.74) is 3.36. The second-order valence-corrected chi connectivity index (χ2v) is 5.72. The van der Waals surface area contributed by atoms with Crippen LogP contribution in [0.5, 0.6) is 0 Å². The Kier molecular flexibility index (Phi) is 5.39. The minimum atomic E-state index is -0.167. The van der Waals surface area contributed by atoms with Crippen molar-refractivity contribution in [2.24, 2.45) is 0 Å². The quantitative estimate of drug-likeness (QED) is 0.891. The van der Waals surface area contributed by atoms with E-state index in [1.807, 2.05) is 21.0 Å². The van der Waals surface area contributed by atoms with E-state index in [9.17, 15) is 4.79 Å². The fraction of sp³-hybridized carbons (Fsp3) is 0.389. The molecule has 0 saturated carbocycles. The molecule has 1 unspecified atom stereocenters. The maximum atomic E-state index is 12.2. The van der Waals surface area contributed by atoms with Gasteiger partial charge in [0.25, 0.3) is 5.91 Å². The standard InChI is InChI=1S/C18H24N2O2/c1-5-14-6-8-15(9-7-14)16(20(3)4)12-19-18(21)17-13(2)10-11-22-17/h6-11,16H,5,12H2,1-4H3,(H,19,21). The molecule has 1 heterocycles. The number of carbonyl (C=O) groups is 1. The molecule has 0 spiro atoms. The monoisotopic (exact) mass is 300 g/mol. The topological polar surface area (TPSA) is 45.5 Å². The number of hydrogen-bond acceptors (Lipinski definition) is 3. The molecular formula is C18H24N2O2. The molecule has 4 heteroatoms. The minimum Gasteiger partial charge on any atom is -0.459 e. The van der Waals surface area contributed by atoms with Crippen molar-refractivity contribution in [3.05, 3.63) is 59.0 Å². The third-order valence-electron chi connectivity index (χ3n) is 3.92. The third-order valence-corrected chi connectivity index (χ3v) is 3.92. The van der Waals surface area contributed by atoms with Gasteiger partial charge in [-0.25, -0.2) is 0 Å². The Bertz CT molecular complexity index is 614. The zero-order valence-corrected chi connectivity index (χ0v) is 13.7. The number of likely N-dealkylation sites (N-methyl/N-ethyl adjacent to an activating group) is 1. The molecular weight excluding hydrogens is 276 g/mol. The van der Waals surface area contributed by atoms with Gasteiger partial charge in [-0.2, -0.15) is 0 Å². The summed E-state index contributed by atoms with van der Waals surface area (Å²) in [6, 6.07) is 10.5. The van der Waals surface area contributed by atoms with Crippen molar-refractivity contribution in [3.8, 4) is 0 Å². The maximum Gasteiger partial charge on any atom is 0.287 e. The molecule has 4 nitrogen and oxygen atoms in total. The molecule has 22 heavy (non-hydrogen) atoms. The van der Waals surface area contributed by atoms with Crippen LogP contribution in [0.2, 0.25) is 0 Å². The van der Waals surface area contributed by atoms with Gasteiger partial charge in [0, 0.05) is 12.1 Å². The summed E-state index contributed by atoms with van der Waals surface area (Å²) in [5, 5.41) is 2.96. The first kappa shape index (κ1) is 16.3. The summed E-state index contributed by atoms with van der Waals surface area (Å²) in [6.45, 7) is 4.55. The highest BCUT2D eigenvalue weighted by Crippen LogP contribution is 2.19. The van der Waals surface area contributed by atoms with Crippen LogP contribution >= 0.6 is 0 Å². The summed E-state index contributed by atoms with van der Waals surface area (Å²) < 4.78 is 5.23. The molecule has 0 saturated heterocycles. The molecule has 1 aromatic heterocycles. The van der Waals surface area contributed by atoms with E-state index in [-0.39, 0.29) is 11.9 Å². The van der Waals surface area contributed by atoms with Crippen LogP contribution in [-0.4, -0.2) is 31.4 Å². The molecule has 0 aliphatic carbocycles. The van der Waals surface area contributed by atoms with E-state index in [0.717, 1.165) is 12.0 Å². The van der Waals surface area contributed by atoms with E-state index in [4.69, 9.17) is 4.42 Å². The number of aryl methyl sites for hydroxylation is 2. The fourth-order valence-corrected chi connectivity index (χ4v) is 2.45. The number of nitrogens with zero attached hydrogens (tertiary/aromatic N) is 1. The number of hydrogen-bond donors (Lipinski definition) is 1. The average molecular weight is 300 g/mol. The van der Waals surface area contributed by atoms with Gasteiger partial charge in [-0.1, -0.05) is 31.2 Å². The first-order chi connectivity index (χ1) is 10.5. The van der Waals surface area contributed by atoms with Crippen LogP contribution in [0.3, 0.4) is 0 Å². The van der Waals surface area contributed by atoms with Crippen LogP contribution in [0.1, 0.15) is 40.2 Å². The van der Waals surface area contributed by atoms with Gasteiger partial charge in [0.15, 0.2) is 5.76 Å². The lowest BCUT2D eigenvalue weighted by Gasteiger charge is -2.25. The Morgan fingerprint density at radius 2 is 1.91 bits per heavy atom. The van der Waals surface area contributed by atoms with Crippen molar-refractivity contribution >= 4 is 5.91 Å². The van der Waals surface area contributed by atoms with Crippen molar-refractivity contribution in [1.29, 1.82) is 0 Å². The van der Waals surface area contributed by atoms with Gasteiger partial charge in [-0.3, -0.25) is 4.79 Å². The Hall–Kier alpha value is -2.07. The maximum absolute atomic E-state index is 12.2. The van der Waals surface area contributed by atoms with E-state index in [1.165, 1.54) is 17.4 Å². The molecule has 0 radical (unpaired) electrons. The highest BCUT2D eigenvalue weighted by atomic mass is 16.3. The number of nitrogens with one attached hydrogen (secondary N) is 1. The predicted molar refractivity (Wildman–Crippen MR) is 88.0 cm³/mol. The molecule has 1 aromatic carbocycles. The van der Waals surface area contributed by atoms with Gasteiger partial charge in [0.1, 0.15) is 0 Å². The SMILES string of the molecule is CCc1ccc(C(CNC(=O)c2occc2C)N(C)C)cc1. The summed E-state index contributed by atoms with van der Waals surface area (Å²) in [7, 11) is 4.03. The van der Waals surface area contributed by atoms with E-state index >= 15 is 0 Å². The van der Waals surface area contributed by atoms with E-state index in [1.54, 1.807) is 6.07 Å². The number of furan rings is 1. The molecule has 0 bridgehead atoms. The number of carbonyl (C=O) groups excluding carboxylic acids is 1. The molecule has 0 aliphatic rings. The Morgan fingerprint density at radius 3 is 2.41 bits per heavy atom. The van der Waals surface area contributed by atoms with Crippen LogP contribution in [0.25, 0.3) is 0 Å². The van der Waals surface area contributed by atoms with E-state index < -0.39 is 0 Å². The van der Waals surface area contributed by atoms with Gasteiger partial charge < -0.3 is 14.6 Å². The summed E-state index contributed by atoms with van der Waals surface area (Å²) >= 11 is 0. The average Bonchev–Trinajstić information content (AvgIpc) is 2.94. The normalized spacial score (nSPS) is 12.4. The van der Waals surface area contributed by atoms with Gasteiger partial charge in [-0.15, -0.1) is 0 Å². The van der Waals surface area contributed by atoms with Crippen LogP contribution in [0, 0.1) is 6.92 Å². The highest BCUT2D eigenvalue weighted by molar-refractivity contribution is 5.92. The lowest BCUT2D eigenvalue weighted by Crippen LogP contribution is -2.34. The third kappa shape index (κ3) is 3.77. The molecule has 1 N–H and O–H groups in total. The molecule has 2 aromatic rings. The lowest BCUT2D eigenvalue weighted by molar-refractivity contribution is 0.0913. The molecule has 118 valence electrons. The second-order valence-electron chi connectivity index (χ2n) is 5.72. The van der Waals surface area contributed by atoms with E-state index in [2.05, 4.69) is 41.4 Å². The highest BCUT2D eigenvalue weighted by Gasteiger charge is 2.18. The summed E-state index contributed by atoms with van der Waals surface area (Å²) in [5.74, 6) is 0.221. The first-order valence-electron chi connectivity index (χ1n) is 7.60.